The molecule has 2 aromatic heterocycles. The number of aromatic nitrogens is 4. The Balaban J connectivity index is 1.19. The van der Waals surface area contributed by atoms with Crippen LogP contribution >= 0.6 is 0 Å². The van der Waals surface area contributed by atoms with Crippen molar-refractivity contribution in [2.45, 2.75) is 51.2 Å². The molecule has 1 amide bonds. The van der Waals surface area contributed by atoms with Gasteiger partial charge >= 0.3 is 6.18 Å². The molecular weight excluding hydrogens is 435 g/mol. The van der Waals surface area contributed by atoms with Gasteiger partial charge in [-0.05, 0) is 31.0 Å². The minimum absolute atomic E-state index is 0.0887. The van der Waals surface area contributed by atoms with Crippen LogP contribution in [0.1, 0.15) is 61.6 Å². The van der Waals surface area contributed by atoms with Crippen LogP contribution in [0.3, 0.4) is 0 Å². The van der Waals surface area contributed by atoms with Gasteiger partial charge in [0.1, 0.15) is 5.69 Å². The third kappa shape index (κ3) is 3.81. The van der Waals surface area contributed by atoms with Crippen molar-refractivity contribution in [2.24, 2.45) is 5.41 Å². The number of carbonyl (C=O) groups excluding carboxylic acids is 1. The van der Waals surface area contributed by atoms with Crippen molar-refractivity contribution in [3.05, 3.63) is 53.7 Å². The molecule has 174 valence electrons. The van der Waals surface area contributed by atoms with Crippen LogP contribution in [-0.2, 0) is 11.6 Å². The zero-order chi connectivity index (χ0) is 23.6. The Morgan fingerprint density at radius 1 is 1.09 bits per heavy atom. The summed E-state index contributed by atoms with van der Waals surface area (Å²) in [5.74, 6) is 0.924. The molecule has 1 aromatic carbocycles. The van der Waals surface area contributed by atoms with Gasteiger partial charge in [-0.2, -0.15) is 23.3 Å². The molecular formula is C23H24F3N5O2. The van der Waals surface area contributed by atoms with Crippen LogP contribution in [0.15, 0.2) is 41.1 Å². The third-order valence-corrected chi connectivity index (χ3v) is 6.44. The molecule has 1 aliphatic carbocycles. The molecule has 0 N–H and O–H groups in total. The van der Waals surface area contributed by atoms with Crippen molar-refractivity contribution in [1.82, 2.24) is 24.8 Å². The molecule has 3 heterocycles. The maximum Gasteiger partial charge on any atom is 0.433 e. The quantitative estimate of drug-likeness (QED) is 0.566. The number of rotatable bonds is 3. The second-order valence-corrected chi connectivity index (χ2v) is 10.1. The van der Waals surface area contributed by atoms with Crippen LogP contribution in [-0.4, -0.2) is 43.8 Å². The topological polar surface area (TPSA) is 77.1 Å². The van der Waals surface area contributed by atoms with Crippen molar-refractivity contribution < 1.29 is 22.5 Å². The fourth-order valence-electron chi connectivity index (χ4n) is 4.70. The van der Waals surface area contributed by atoms with E-state index in [2.05, 4.69) is 15.2 Å². The number of alkyl halides is 3. The van der Waals surface area contributed by atoms with Crippen molar-refractivity contribution >= 4 is 5.91 Å². The normalized spacial score (nSPS) is 18.3. The summed E-state index contributed by atoms with van der Waals surface area (Å²) in [6.07, 6.45) is -2.04. The molecule has 0 bridgehead atoms. The predicted octanol–water partition coefficient (Wildman–Crippen LogP) is 4.73. The fraction of sp³-hybridized carbons (Fsp3) is 0.478. The monoisotopic (exact) mass is 459 g/mol. The Kier molecular flexibility index (Phi) is 4.70. The van der Waals surface area contributed by atoms with Crippen LogP contribution < -0.4 is 0 Å². The molecule has 7 nitrogen and oxygen atoms in total. The Bertz CT molecular complexity index is 1180. The molecule has 10 heteroatoms. The van der Waals surface area contributed by atoms with Gasteiger partial charge < -0.3 is 9.42 Å². The number of halogens is 3. The van der Waals surface area contributed by atoms with Crippen LogP contribution in [0.4, 0.5) is 13.2 Å². The predicted molar refractivity (Wildman–Crippen MR) is 112 cm³/mol. The molecule has 1 aliphatic heterocycles. The van der Waals surface area contributed by atoms with Crippen molar-refractivity contribution in [3.8, 4) is 11.4 Å². The molecule has 5 rings (SSSR count). The van der Waals surface area contributed by atoms with Crippen molar-refractivity contribution in [3.63, 3.8) is 0 Å². The smallest absolute Gasteiger partial charge is 0.338 e. The van der Waals surface area contributed by atoms with Crippen LogP contribution in [0, 0.1) is 5.41 Å². The summed E-state index contributed by atoms with van der Waals surface area (Å²) in [5.41, 5.74) is 0.234. The zero-order valence-electron chi connectivity index (χ0n) is 18.6. The second kappa shape index (κ2) is 7.16. The van der Waals surface area contributed by atoms with E-state index in [9.17, 15) is 18.0 Å². The maximum atomic E-state index is 13.1. The molecule has 2 aliphatic rings. The number of hydrogen-bond acceptors (Lipinski definition) is 5. The highest BCUT2D eigenvalue weighted by Gasteiger charge is 2.55. The Hall–Kier alpha value is -3.17. The number of hydrogen-bond donors (Lipinski definition) is 0. The Morgan fingerprint density at radius 3 is 2.33 bits per heavy atom. The van der Waals surface area contributed by atoms with E-state index in [1.165, 1.54) is 6.20 Å². The minimum atomic E-state index is -4.41. The lowest BCUT2D eigenvalue weighted by Gasteiger charge is -2.59. The van der Waals surface area contributed by atoms with Crippen molar-refractivity contribution in [1.29, 1.82) is 0 Å². The van der Waals surface area contributed by atoms with E-state index in [1.54, 1.807) is 29.2 Å². The average Bonchev–Trinajstić information content (AvgIpc) is 3.35. The standard InChI is InChI=1S/C23H24F3N5O2/c1-21(2,3)20-28-18(29-33-20)14-4-6-15(7-5-14)19(32)30-12-22(13-30)10-16(11-22)31-17(8-9-27-31)23(24,25)26/h4-9,16H,10-13H2,1-3H3. The number of amides is 1. The van der Waals surface area contributed by atoms with Gasteiger partial charge in [-0.3, -0.25) is 9.48 Å². The van der Waals surface area contributed by atoms with E-state index in [-0.39, 0.29) is 22.8 Å². The van der Waals surface area contributed by atoms with E-state index in [0.717, 1.165) is 16.3 Å². The number of benzene rings is 1. The van der Waals surface area contributed by atoms with Crippen LogP contribution in [0.2, 0.25) is 0 Å². The minimum Gasteiger partial charge on any atom is -0.338 e. The molecule has 33 heavy (non-hydrogen) atoms. The first-order valence-corrected chi connectivity index (χ1v) is 10.8. The van der Waals surface area contributed by atoms with E-state index in [1.807, 2.05) is 20.8 Å². The van der Waals surface area contributed by atoms with E-state index >= 15 is 0 Å². The lowest BCUT2D eigenvalue weighted by molar-refractivity contribution is -0.149. The van der Waals surface area contributed by atoms with Gasteiger partial charge in [0, 0.05) is 41.2 Å². The van der Waals surface area contributed by atoms with Crippen molar-refractivity contribution in [2.75, 3.05) is 13.1 Å². The SMILES string of the molecule is CC(C)(C)c1nc(-c2ccc(C(=O)N3CC4(CC(n5nccc5C(F)(F)F)C4)C3)cc2)no1. The molecule has 2 fully saturated rings. The van der Waals surface area contributed by atoms with Gasteiger partial charge in [-0.15, -0.1) is 0 Å². The summed E-state index contributed by atoms with van der Waals surface area (Å²) in [5, 5.41) is 7.90. The molecule has 0 radical (unpaired) electrons. The zero-order valence-corrected chi connectivity index (χ0v) is 18.6. The Morgan fingerprint density at radius 2 is 1.76 bits per heavy atom. The van der Waals surface area contributed by atoms with Gasteiger partial charge in [0.05, 0.1) is 6.04 Å². The fourth-order valence-corrected chi connectivity index (χ4v) is 4.70. The number of nitrogens with zero attached hydrogens (tertiary/aromatic N) is 5. The highest BCUT2D eigenvalue weighted by atomic mass is 19.4. The highest BCUT2D eigenvalue weighted by molar-refractivity contribution is 5.95. The first kappa shape index (κ1) is 21.7. The van der Waals surface area contributed by atoms with Gasteiger partial charge in [-0.1, -0.05) is 38.1 Å². The number of likely N-dealkylation sites (tertiary alicyclic amines) is 1. The van der Waals surface area contributed by atoms with E-state index in [0.29, 0.717) is 43.2 Å². The van der Waals surface area contributed by atoms with Crippen LogP contribution in [0.5, 0.6) is 0 Å². The first-order chi connectivity index (χ1) is 15.5. The Labute approximate surface area is 188 Å². The summed E-state index contributed by atoms with van der Waals surface area (Å²) in [6, 6.07) is 7.77. The summed E-state index contributed by atoms with van der Waals surface area (Å²) in [7, 11) is 0. The largest absolute Gasteiger partial charge is 0.433 e. The molecule has 3 aromatic rings. The van der Waals surface area contributed by atoms with Gasteiger partial charge in [0.25, 0.3) is 5.91 Å². The number of carbonyl (C=O) groups is 1. The molecule has 0 atom stereocenters. The summed E-state index contributed by atoms with van der Waals surface area (Å²) in [4.78, 5) is 19.0. The molecule has 1 spiro atoms. The molecule has 1 saturated heterocycles. The molecule has 0 unspecified atom stereocenters. The van der Waals surface area contributed by atoms with Gasteiger partial charge in [0.2, 0.25) is 11.7 Å². The maximum absolute atomic E-state index is 13.1. The van der Waals surface area contributed by atoms with Crippen LogP contribution in [0.25, 0.3) is 11.4 Å². The lowest BCUT2D eigenvalue weighted by atomic mass is 9.60. The molecule has 1 saturated carbocycles. The van der Waals surface area contributed by atoms with Gasteiger partial charge in [-0.25, -0.2) is 0 Å². The highest BCUT2D eigenvalue weighted by Crippen LogP contribution is 2.55. The second-order valence-electron chi connectivity index (χ2n) is 10.1. The summed E-state index contributed by atoms with van der Waals surface area (Å²) < 4.78 is 45.7. The van der Waals surface area contributed by atoms with E-state index < -0.39 is 11.9 Å². The van der Waals surface area contributed by atoms with Gasteiger partial charge in [0.15, 0.2) is 0 Å². The summed E-state index contributed by atoms with van der Waals surface area (Å²) in [6.45, 7) is 7.06. The van der Waals surface area contributed by atoms with E-state index in [4.69, 9.17) is 4.52 Å². The summed E-state index contributed by atoms with van der Waals surface area (Å²) >= 11 is 0. The first-order valence-electron chi connectivity index (χ1n) is 10.8. The average molecular weight is 459 g/mol. The lowest BCUT2D eigenvalue weighted by Crippen LogP contribution is -2.64. The third-order valence-electron chi connectivity index (χ3n) is 6.44.